The molecule has 0 spiro atoms. The fraction of sp³-hybridized carbons (Fsp3) is 0.375. The van der Waals surface area contributed by atoms with Gasteiger partial charge in [-0.2, -0.15) is 0 Å². The van der Waals surface area contributed by atoms with Crippen molar-refractivity contribution in [2.75, 3.05) is 5.43 Å². The SMILES string of the molecule is CCC(C)C(C)NC(=O)c1cc(NN)c2ccccc2n1. The van der Waals surface area contributed by atoms with Crippen molar-refractivity contribution >= 4 is 22.5 Å². The van der Waals surface area contributed by atoms with Gasteiger partial charge in [-0.25, -0.2) is 4.98 Å². The molecule has 0 bridgehead atoms. The number of hydrogen-bond donors (Lipinski definition) is 3. The van der Waals surface area contributed by atoms with E-state index in [2.05, 4.69) is 29.6 Å². The largest absolute Gasteiger partial charge is 0.348 e. The van der Waals surface area contributed by atoms with Crippen LogP contribution in [0.2, 0.25) is 0 Å². The zero-order valence-electron chi connectivity index (χ0n) is 12.7. The van der Waals surface area contributed by atoms with E-state index in [0.29, 0.717) is 17.3 Å². The smallest absolute Gasteiger partial charge is 0.270 e. The number of fused-ring (bicyclic) bond motifs is 1. The summed E-state index contributed by atoms with van der Waals surface area (Å²) in [7, 11) is 0. The highest BCUT2D eigenvalue weighted by molar-refractivity contribution is 5.99. The van der Waals surface area contributed by atoms with Crippen LogP contribution < -0.4 is 16.6 Å². The fourth-order valence-corrected chi connectivity index (χ4v) is 2.19. The van der Waals surface area contributed by atoms with Gasteiger partial charge in [-0.05, 0) is 25.0 Å². The molecule has 1 amide bonds. The molecule has 1 heterocycles. The first-order valence-corrected chi connectivity index (χ1v) is 7.24. The zero-order valence-corrected chi connectivity index (χ0v) is 12.7. The summed E-state index contributed by atoms with van der Waals surface area (Å²) in [5, 5.41) is 3.89. The lowest BCUT2D eigenvalue weighted by atomic mass is 10.0. The molecule has 5 nitrogen and oxygen atoms in total. The second-order valence-electron chi connectivity index (χ2n) is 5.36. The Labute approximate surface area is 124 Å². The van der Waals surface area contributed by atoms with E-state index in [0.717, 1.165) is 17.3 Å². The quantitative estimate of drug-likeness (QED) is 0.583. The monoisotopic (exact) mass is 286 g/mol. The van der Waals surface area contributed by atoms with Crippen molar-refractivity contribution < 1.29 is 4.79 Å². The third-order valence-electron chi connectivity index (χ3n) is 3.96. The molecule has 2 unspecified atom stereocenters. The van der Waals surface area contributed by atoms with E-state index in [1.165, 1.54) is 0 Å². The number of aromatic nitrogens is 1. The van der Waals surface area contributed by atoms with Gasteiger partial charge >= 0.3 is 0 Å². The first-order chi connectivity index (χ1) is 10.1. The van der Waals surface area contributed by atoms with Crippen LogP contribution in [0.5, 0.6) is 0 Å². The minimum atomic E-state index is -0.176. The molecule has 21 heavy (non-hydrogen) atoms. The summed E-state index contributed by atoms with van der Waals surface area (Å²) in [6.45, 7) is 6.24. The van der Waals surface area contributed by atoms with Crippen LogP contribution in [0.15, 0.2) is 30.3 Å². The number of pyridine rings is 1. The molecule has 0 saturated carbocycles. The van der Waals surface area contributed by atoms with Crippen LogP contribution in [0, 0.1) is 5.92 Å². The van der Waals surface area contributed by atoms with Gasteiger partial charge in [-0.15, -0.1) is 0 Å². The van der Waals surface area contributed by atoms with Crippen molar-refractivity contribution in [3.8, 4) is 0 Å². The summed E-state index contributed by atoms with van der Waals surface area (Å²) >= 11 is 0. The van der Waals surface area contributed by atoms with Crippen LogP contribution in [0.1, 0.15) is 37.7 Å². The van der Waals surface area contributed by atoms with Gasteiger partial charge in [0.05, 0.1) is 11.2 Å². The molecule has 1 aromatic heterocycles. The lowest BCUT2D eigenvalue weighted by Crippen LogP contribution is -2.37. The Morgan fingerprint density at radius 1 is 1.33 bits per heavy atom. The molecule has 0 fully saturated rings. The minimum Gasteiger partial charge on any atom is -0.348 e. The summed E-state index contributed by atoms with van der Waals surface area (Å²) in [5.41, 5.74) is 4.45. The molecule has 2 atom stereocenters. The summed E-state index contributed by atoms with van der Waals surface area (Å²) in [6, 6.07) is 9.37. The topological polar surface area (TPSA) is 80.0 Å². The van der Waals surface area contributed by atoms with Gasteiger partial charge in [0.15, 0.2) is 0 Å². The number of nitrogens with zero attached hydrogens (tertiary/aromatic N) is 1. The Balaban J connectivity index is 2.31. The second-order valence-corrected chi connectivity index (χ2v) is 5.36. The first kappa shape index (κ1) is 15.3. The van der Waals surface area contributed by atoms with Crippen LogP contribution in [0.4, 0.5) is 5.69 Å². The maximum atomic E-state index is 12.3. The van der Waals surface area contributed by atoms with Gasteiger partial charge in [0.1, 0.15) is 5.69 Å². The maximum Gasteiger partial charge on any atom is 0.270 e. The van der Waals surface area contributed by atoms with Crippen molar-refractivity contribution in [2.24, 2.45) is 11.8 Å². The van der Waals surface area contributed by atoms with Gasteiger partial charge in [0.2, 0.25) is 0 Å². The number of amides is 1. The fourth-order valence-electron chi connectivity index (χ4n) is 2.19. The highest BCUT2D eigenvalue weighted by atomic mass is 16.1. The summed E-state index contributed by atoms with van der Waals surface area (Å²) in [4.78, 5) is 16.8. The number of carbonyl (C=O) groups is 1. The van der Waals surface area contributed by atoms with Gasteiger partial charge in [0.25, 0.3) is 5.91 Å². The number of carbonyl (C=O) groups excluding carboxylic acids is 1. The number of anilines is 1. The van der Waals surface area contributed by atoms with Crippen molar-refractivity contribution in [1.82, 2.24) is 10.3 Å². The van der Waals surface area contributed by atoms with E-state index < -0.39 is 0 Å². The summed E-state index contributed by atoms with van der Waals surface area (Å²) in [6.07, 6.45) is 1.02. The first-order valence-electron chi connectivity index (χ1n) is 7.24. The molecule has 2 rings (SSSR count). The van der Waals surface area contributed by atoms with Gasteiger partial charge in [-0.3, -0.25) is 10.6 Å². The number of nitrogens with two attached hydrogens (primary N) is 1. The lowest BCUT2D eigenvalue weighted by Gasteiger charge is -2.20. The van der Waals surface area contributed by atoms with Crippen LogP contribution in [-0.2, 0) is 0 Å². The number of nitrogen functional groups attached to an aromatic ring is 1. The number of para-hydroxylation sites is 1. The number of benzene rings is 1. The van der Waals surface area contributed by atoms with Crippen molar-refractivity contribution in [3.63, 3.8) is 0 Å². The van der Waals surface area contributed by atoms with Gasteiger partial charge in [-0.1, -0.05) is 38.5 Å². The molecule has 0 radical (unpaired) electrons. The van der Waals surface area contributed by atoms with Crippen molar-refractivity contribution in [3.05, 3.63) is 36.0 Å². The molecule has 4 N–H and O–H groups in total. The molecule has 1 aromatic carbocycles. The highest BCUT2D eigenvalue weighted by Gasteiger charge is 2.16. The van der Waals surface area contributed by atoms with E-state index in [4.69, 9.17) is 5.84 Å². The molecule has 2 aromatic rings. The second kappa shape index (κ2) is 6.54. The molecule has 0 aliphatic heterocycles. The molecule has 5 heteroatoms. The van der Waals surface area contributed by atoms with E-state index in [1.807, 2.05) is 31.2 Å². The Kier molecular flexibility index (Phi) is 4.75. The Morgan fingerprint density at radius 3 is 2.71 bits per heavy atom. The molecular formula is C16H22N4O. The Bertz CT molecular complexity index is 641. The van der Waals surface area contributed by atoms with Crippen LogP contribution in [0.3, 0.4) is 0 Å². The highest BCUT2D eigenvalue weighted by Crippen LogP contribution is 2.22. The maximum absolute atomic E-state index is 12.3. The average Bonchev–Trinajstić information content (AvgIpc) is 2.52. The van der Waals surface area contributed by atoms with E-state index >= 15 is 0 Å². The average molecular weight is 286 g/mol. The van der Waals surface area contributed by atoms with E-state index in [-0.39, 0.29) is 11.9 Å². The normalized spacial score (nSPS) is 13.7. The Morgan fingerprint density at radius 2 is 2.05 bits per heavy atom. The Hall–Kier alpha value is -2.14. The predicted octanol–water partition coefficient (Wildman–Crippen LogP) is 2.68. The van der Waals surface area contributed by atoms with Gasteiger partial charge in [0, 0.05) is 11.4 Å². The lowest BCUT2D eigenvalue weighted by molar-refractivity contribution is 0.0923. The van der Waals surface area contributed by atoms with Crippen LogP contribution in [-0.4, -0.2) is 16.9 Å². The number of hydrogen-bond acceptors (Lipinski definition) is 4. The summed E-state index contributed by atoms with van der Waals surface area (Å²) < 4.78 is 0. The number of nitrogens with one attached hydrogen (secondary N) is 2. The molecule has 0 saturated heterocycles. The zero-order chi connectivity index (χ0) is 15.4. The number of rotatable bonds is 5. The molecule has 0 aliphatic rings. The standard InChI is InChI=1S/C16H22N4O/c1-4-10(2)11(3)18-16(21)15-9-14(20-17)12-7-5-6-8-13(12)19-15/h5-11H,4,17H2,1-3H3,(H,18,21)(H,19,20). The molecule has 112 valence electrons. The third-order valence-corrected chi connectivity index (χ3v) is 3.96. The minimum absolute atomic E-state index is 0.102. The van der Waals surface area contributed by atoms with Gasteiger partial charge < -0.3 is 10.7 Å². The number of hydrazine groups is 1. The van der Waals surface area contributed by atoms with Crippen molar-refractivity contribution in [1.29, 1.82) is 0 Å². The van der Waals surface area contributed by atoms with E-state index in [1.54, 1.807) is 6.07 Å². The molecular weight excluding hydrogens is 264 g/mol. The predicted molar refractivity (Wildman–Crippen MR) is 85.9 cm³/mol. The summed E-state index contributed by atoms with van der Waals surface area (Å²) in [5.74, 6) is 5.79. The van der Waals surface area contributed by atoms with Crippen LogP contribution >= 0.6 is 0 Å². The van der Waals surface area contributed by atoms with E-state index in [9.17, 15) is 4.79 Å². The third kappa shape index (κ3) is 3.31. The molecule has 0 aliphatic carbocycles. The van der Waals surface area contributed by atoms with Crippen LogP contribution in [0.25, 0.3) is 10.9 Å². The van der Waals surface area contributed by atoms with Crippen molar-refractivity contribution in [2.45, 2.75) is 33.2 Å².